The third-order valence-electron chi connectivity index (χ3n) is 4.34. The number of benzene rings is 1. The van der Waals surface area contributed by atoms with Crippen molar-refractivity contribution in [1.29, 1.82) is 0 Å². The number of morpholine rings is 1. The Balaban J connectivity index is 1.51. The van der Waals surface area contributed by atoms with Gasteiger partial charge in [-0.15, -0.1) is 0 Å². The molecule has 2 aromatic rings. The summed E-state index contributed by atoms with van der Waals surface area (Å²) >= 11 is 0. The Labute approximate surface area is 158 Å². The molecule has 0 spiro atoms. The Morgan fingerprint density at radius 2 is 2.00 bits per heavy atom. The molecule has 7 heteroatoms. The van der Waals surface area contributed by atoms with Crippen molar-refractivity contribution in [3.05, 3.63) is 54.0 Å². The number of carbonyl (C=O) groups excluding carboxylic acids is 1. The van der Waals surface area contributed by atoms with Crippen LogP contribution in [0, 0.1) is 0 Å². The van der Waals surface area contributed by atoms with Gasteiger partial charge in [0.15, 0.2) is 5.76 Å². The van der Waals surface area contributed by atoms with Crippen molar-refractivity contribution < 1.29 is 18.7 Å². The van der Waals surface area contributed by atoms with E-state index in [0.717, 1.165) is 49.9 Å². The molecule has 27 heavy (non-hydrogen) atoms. The van der Waals surface area contributed by atoms with Crippen LogP contribution in [0.25, 0.3) is 0 Å². The zero-order valence-corrected chi connectivity index (χ0v) is 15.5. The van der Waals surface area contributed by atoms with E-state index in [0.29, 0.717) is 13.0 Å². The molecule has 3 rings (SSSR count). The van der Waals surface area contributed by atoms with Gasteiger partial charge in [0.05, 0.1) is 25.2 Å². The molecule has 0 aliphatic carbocycles. The number of ether oxygens (including phenoxy) is 2. The Morgan fingerprint density at radius 1 is 1.22 bits per heavy atom. The number of furan rings is 1. The third-order valence-corrected chi connectivity index (χ3v) is 4.34. The van der Waals surface area contributed by atoms with E-state index in [9.17, 15) is 4.79 Å². The number of rotatable bonds is 8. The lowest BCUT2D eigenvalue weighted by molar-refractivity contribution is 0.0322. The quantitative estimate of drug-likeness (QED) is 0.570. The van der Waals surface area contributed by atoms with E-state index in [1.165, 1.54) is 6.26 Å². The average molecular weight is 371 g/mol. The first kappa shape index (κ1) is 19.1. The summed E-state index contributed by atoms with van der Waals surface area (Å²) < 4.78 is 16.2. The van der Waals surface area contributed by atoms with Crippen molar-refractivity contribution in [3.63, 3.8) is 0 Å². The zero-order valence-electron chi connectivity index (χ0n) is 15.5. The SMILES string of the molecule is CCC(=NNC(=O)c1ccco1)c1ccc(OCCN2CCOCC2)cc1. The number of hydrogen-bond acceptors (Lipinski definition) is 6. The first-order chi connectivity index (χ1) is 13.3. The highest BCUT2D eigenvalue weighted by atomic mass is 16.5. The average Bonchev–Trinajstić information content (AvgIpc) is 3.25. The molecular weight excluding hydrogens is 346 g/mol. The number of hydrogen-bond donors (Lipinski definition) is 1. The summed E-state index contributed by atoms with van der Waals surface area (Å²) in [6.45, 7) is 7.04. The predicted octanol–water partition coefficient (Wildman–Crippen LogP) is 2.53. The molecule has 1 aromatic carbocycles. The first-order valence-electron chi connectivity index (χ1n) is 9.20. The monoisotopic (exact) mass is 371 g/mol. The van der Waals surface area contributed by atoms with Crippen molar-refractivity contribution in [2.75, 3.05) is 39.5 Å². The van der Waals surface area contributed by atoms with Gasteiger partial charge in [-0.2, -0.15) is 5.10 Å². The molecule has 0 radical (unpaired) electrons. The van der Waals surface area contributed by atoms with E-state index < -0.39 is 0 Å². The van der Waals surface area contributed by atoms with Crippen LogP contribution in [0.1, 0.15) is 29.5 Å². The molecule has 1 aliphatic heterocycles. The van der Waals surface area contributed by atoms with Crippen LogP contribution >= 0.6 is 0 Å². The maximum atomic E-state index is 11.9. The second kappa shape index (κ2) is 9.89. The van der Waals surface area contributed by atoms with Crippen LogP contribution in [0.2, 0.25) is 0 Å². The van der Waals surface area contributed by atoms with Crippen molar-refractivity contribution in [1.82, 2.24) is 10.3 Å². The van der Waals surface area contributed by atoms with Crippen LogP contribution < -0.4 is 10.2 Å². The smallest absolute Gasteiger partial charge is 0.307 e. The molecule has 0 unspecified atom stereocenters. The lowest BCUT2D eigenvalue weighted by Crippen LogP contribution is -2.38. The molecule has 1 N–H and O–H groups in total. The molecule has 0 saturated carbocycles. The third kappa shape index (κ3) is 5.67. The predicted molar refractivity (Wildman–Crippen MR) is 102 cm³/mol. The summed E-state index contributed by atoms with van der Waals surface area (Å²) in [5, 5.41) is 4.22. The molecule has 1 aliphatic rings. The second-order valence-corrected chi connectivity index (χ2v) is 6.16. The Bertz CT molecular complexity index is 735. The first-order valence-corrected chi connectivity index (χ1v) is 9.20. The normalized spacial score (nSPS) is 15.5. The number of hydrazone groups is 1. The van der Waals surface area contributed by atoms with Gasteiger partial charge in [0.1, 0.15) is 12.4 Å². The summed E-state index contributed by atoms with van der Waals surface area (Å²) in [6.07, 6.45) is 2.15. The van der Waals surface area contributed by atoms with Gasteiger partial charge in [0.2, 0.25) is 0 Å². The number of nitrogens with one attached hydrogen (secondary N) is 1. The summed E-state index contributed by atoms with van der Waals surface area (Å²) in [4.78, 5) is 14.3. The van der Waals surface area contributed by atoms with E-state index >= 15 is 0 Å². The van der Waals surface area contributed by atoms with Gasteiger partial charge in [-0.05, 0) is 48.4 Å². The van der Waals surface area contributed by atoms with Crippen LogP contribution in [-0.4, -0.2) is 56.0 Å². The number of carbonyl (C=O) groups is 1. The number of amides is 1. The zero-order chi connectivity index (χ0) is 18.9. The van der Waals surface area contributed by atoms with Crippen LogP contribution in [0.15, 0.2) is 52.2 Å². The molecule has 0 bridgehead atoms. The van der Waals surface area contributed by atoms with Gasteiger partial charge in [0, 0.05) is 19.6 Å². The van der Waals surface area contributed by atoms with Gasteiger partial charge in [-0.25, -0.2) is 5.43 Å². The van der Waals surface area contributed by atoms with Crippen LogP contribution in [0.5, 0.6) is 5.75 Å². The standard InChI is InChI=1S/C20H25N3O4/c1-2-18(21-22-20(24)19-4-3-12-27-19)16-5-7-17(8-6-16)26-15-11-23-9-13-25-14-10-23/h3-8,12H,2,9-11,13-15H2,1H3,(H,22,24). The van der Waals surface area contributed by atoms with Gasteiger partial charge in [-0.1, -0.05) is 6.92 Å². The van der Waals surface area contributed by atoms with Crippen molar-refractivity contribution in [2.45, 2.75) is 13.3 Å². The molecule has 2 heterocycles. The summed E-state index contributed by atoms with van der Waals surface area (Å²) in [5.41, 5.74) is 4.26. The Morgan fingerprint density at radius 3 is 2.67 bits per heavy atom. The van der Waals surface area contributed by atoms with Gasteiger partial charge >= 0.3 is 5.91 Å². The highest BCUT2D eigenvalue weighted by molar-refractivity contribution is 6.01. The molecular formula is C20H25N3O4. The highest BCUT2D eigenvalue weighted by Gasteiger charge is 2.10. The fourth-order valence-electron chi connectivity index (χ4n) is 2.79. The Kier molecular flexibility index (Phi) is 7.01. The molecule has 1 fully saturated rings. The van der Waals surface area contributed by atoms with E-state index in [2.05, 4.69) is 15.4 Å². The molecule has 1 aromatic heterocycles. The minimum atomic E-state index is -0.367. The topological polar surface area (TPSA) is 76.3 Å². The summed E-state index contributed by atoms with van der Waals surface area (Å²) in [5.74, 6) is 0.689. The summed E-state index contributed by atoms with van der Waals surface area (Å²) in [6, 6.07) is 11.0. The van der Waals surface area contributed by atoms with Crippen molar-refractivity contribution >= 4 is 11.6 Å². The molecule has 144 valence electrons. The van der Waals surface area contributed by atoms with E-state index in [-0.39, 0.29) is 11.7 Å². The van der Waals surface area contributed by atoms with Gasteiger partial charge in [0.25, 0.3) is 0 Å². The van der Waals surface area contributed by atoms with E-state index in [1.54, 1.807) is 12.1 Å². The Hall–Kier alpha value is -2.64. The second-order valence-electron chi connectivity index (χ2n) is 6.16. The minimum absolute atomic E-state index is 0.234. The van der Waals surface area contributed by atoms with Crippen molar-refractivity contribution in [2.24, 2.45) is 5.10 Å². The van der Waals surface area contributed by atoms with Gasteiger partial charge < -0.3 is 13.9 Å². The maximum Gasteiger partial charge on any atom is 0.307 e. The summed E-state index contributed by atoms with van der Waals surface area (Å²) in [7, 11) is 0. The molecule has 1 amide bonds. The maximum absolute atomic E-state index is 11.9. The van der Waals surface area contributed by atoms with Crippen LogP contribution in [0.4, 0.5) is 0 Å². The number of nitrogens with zero attached hydrogens (tertiary/aromatic N) is 2. The highest BCUT2D eigenvalue weighted by Crippen LogP contribution is 2.14. The lowest BCUT2D eigenvalue weighted by Gasteiger charge is -2.26. The molecule has 0 atom stereocenters. The van der Waals surface area contributed by atoms with Crippen LogP contribution in [0.3, 0.4) is 0 Å². The van der Waals surface area contributed by atoms with Gasteiger partial charge in [-0.3, -0.25) is 9.69 Å². The lowest BCUT2D eigenvalue weighted by atomic mass is 10.1. The molecule has 7 nitrogen and oxygen atoms in total. The minimum Gasteiger partial charge on any atom is -0.492 e. The van der Waals surface area contributed by atoms with E-state index in [1.807, 2.05) is 31.2 Å². The largest absolute Gasteiger partial charge is 0.492 e. The van der Waals surface area contributed by atoms with Crippen LogP contribution in [-0.2, 0) is 4.74 Å². The van der Waals surface area contributed by atoms with Crippen molar-refractivity contribution in [3.8, 4) is 5.75 Å². The molecule has 1 saturated heterocycles. The fourth-order valence-corrected chi connectivity index (χ4v) is 2.79. The van der Waals surface area contributed by atoms with E-state index in [4.69, 9.17) is 13.9 Å². The fraction of sp³-hybridized carbons (Fsp3) is 0.400.